The number of carbonyl (C=O) groups is 1. The highest BCUT2D eigenvalue weighted by atomic mass is 79.9. The van der Waals surface area contributed by atoms with E-state index >= 15 is 0 Å². The number of amides is 1. The average Bonchev–Trinajstić information content (AvgIpc) is 2.79. The van der Waals surface area contributed by atoms with Crippen LogP contribution in [0.15, 0.2) is 68.6 Å². The first kappa shape index (κ1) is 23.7. The molecule has 0 bridgehead atoms. The van der Waals surface area contributed by atoms with Crippen LogP contribution in [0.2, 0.25) is 0 Å². The Morgan fingerprint density at radius 1 is 1.03 bits per heavy atom. The predicted molar refractivity (Wildman–Crippen MR) is 127 cm³/mol. The molecule has 3 rings (SSSR count). The summed E-state index contributed by atoms with van der Waals surface area (Å²) in [6, 6.07) is 14.8. The quantitative estimate of drug-likeness (QED) is 0.280. The molecule has 3 aromatic rings. The summed E-state index contributed by atoms with van der Waals surface area (Å²) in [6.45, 7) is 0.0820. The summed E-state index contributed by atoms with van der Waals surface area (Å²) < 4.78 is 31.2. The van der Waals surface area contributed by atoms with Crippen molar-refractivity contribution >= 4 is 44.0 Å². The van der Waals surface area contributed by atoms with Crippen molar-refractivity contribution in [3.05, 3.63) is 86.1 Å². The highest BCUT2D eigenvalue weighted by Crippen LogP contribution is 2.35. The summed E-state index contributed by atoms with van der Waals surface area (Å²) >= 11 is 6.91. The van der Waals surface area contributed by atoms with Crippen molar-refractivity contribution in [2.45, 2.75) is 6.61 Å². The number of rotatable bonds is 8. The number of carbonyl (C=O) groups excluding carboxylic acids is 1. The summed E-state index contributed by atoms with van der Waals surface area (Å²) in [6.07, 6.45) is 1.49. The average molecular weight is 566 g/mol. The third-order valence-electron chi connectivity index (χ3n) is 4.38. The maximum atomic E-state index is 13.8. The first-order chi connectivity index (χ1) is 15.4. The molecular formula is C23H19Br2FN2O4. The zero-order valence-electron chi connectivity index (χ0n) is 17.2. The molecule has 166 valence electrons. The van der Waals surface area contributed by atoms with Crippen LogP contribution in [0.5, 0.6) is 17.2 Å². The first-order valence-electron chi connectivity index (χ1n) is 9.33. The van der Waals surface area contributed by atoms with E-state index in [1.54, 1.807) is 48.5 Å². The van der Waals surface area contributed by atoms with Gasteiger partial charge in [0.2, 0.25) is 0 Å². The molecule has 0 saturated carbocycles. The minimum atomic E-state index is -0.398. The van der Waals surface area contributed by atoms with E-state index in [1.165, 1.54) is 26.5 Å². The Morgan fingerprint density at radius 2 is 1.72 bits per heavy atom. The summed E-state index contributed by atoms with van der Waals surface area (Å²) in [5.74, 6) is 0.779. The number of nitrogens with one attached hydrogen (secondary N) is 1. The van der Waals surface area contributed by atoms with Crippen LogP contribution in [0, 0.1) is 5.82 Å². The van der Waals surface area contributed by atoms with Crippen molar-refractivity contribution in [1.29, 1.82) is 0 Å². The third-order valence-corrected chi connectivity index (χ3v) is 5.55. The summed E-state index contributed by atoms with van der Waals surface area (Å²) in [5, 5.41) is 4.00. The van der Waals surface area contributed by atoms with E-state index in [4.69, 9.17) is 14.2 Å². The summed E-state index contributed by atoms with van der Waals surface area (Å²) in [7, 11) is 3.02. The van der Waals surface area contributed by atoms with Crippen LogP contribution in [0.1, 0.15) is 21.5 Å². The number of methoxy groups -OCH3 is 2. The lowest BCUT2D eigenvalue weighted by molar-refractivity contribution is 0.0954. The van der Waals surface area contributed by atoms with Crippen molar-refractivity contribution in [1.82, 2.24) is 5.43 Å². The first-order valence-corrected chi connectivity index (χ1v) is 10.9. The molecule has 0 heterocycles. The molecule has 1 N–H and O–H groups in total. The number of halogens is 3. The normalized spacial score (nSPS) is 10.8. The zero-order chi connectivity index (χ0) is 23.1. The smallest absolute Gasteiger partial charge is 0.271 e. The molecule has 32 heavy (non-hydrogen) atoms. The molecule has 0 aromatic heterocycles. The minimum Gasteiger partial charge on any atom is -0.493 e. The Hall–Kier alpha value is -2.91. The second-order valence-electron chi connectivity index (χ2n) is 6.46. The lowest BCUT2D eigenvalue weighted by Gasteiger charge is -2.12. The SMILES string of the molecule is COc1ccc(C(=O)N/N=C/c2cc(Br)c(OCc3ccccc3F)c(Br)c2)cc1OC. The second kappa shape index (κ2) is 11.1. The minimum absolute atomic E-state index is 0.0820. The number of hydrazone groups is 1. The van der Waals surface area contributed by atoms with Crippen LogP contribution in [-0.4, -0.2) is 26.3 Å². The second-order valence-corrected chi connectivity index (χ2v) is 8.17. The van der Waals surface area contributed by atoms with Gasteiger partial charge < -0.3 is 14.2 Å². The molecular weight excluding hydrogens is 547 g/mol. The largest absolute Gasteiger partial charge is 0.493 e. The van der Waals surface area contributed by atoms with Crippen LogP contribution in [0.25, 0.3) is 0 Å². The summed E-state index contributed by atoms with van der Waals surface area (Å²) in [5.41, 5.74) is 4.00. The van der Waals surface area contributed by atoms with E-state index in [-0.39, 0.29) is 12.4 Å². The lowest BCUT2D eigenvalue weighted by atomic mass is 10.2. The van der Waals surface area contributed by atoms with E-state index in [0.29, 0.717) is 42.9 Å². The fourth-order valence-electron chi connectivity index (χ4n) is 2.76. The highest BCUT2D eigenvalue weighted by Gasteiger charge is 2.12. The number of hydrogen-bond acceptors (Lipinski definition) is 5. The van der Waals surface area contributed by atoms with Gasteiger partial charge in [-0.2, -0.15) is 5.10 Å². The van der Waals surface area contributed by atoms with Crippen molar-refractivity contribution < 1.29 is 23.4 Å². The zero-order valence-corrected chi connectivity index (χ0v) is 20.4. The van der Waals surface area contributed by atoms with Gasteiger partial charge in [0.05, 0.1) is 29.4 Å². The van der Waals surface area contributed by atoms with Gasteiger partial charge in [0.15, 0.2) is 11.5 Å². The Bertz CT molecular complexity index is 1130. The van der Waals surface area contributed by atoms with Crippen LogP contribution in [0.4, 0.5) is 4.39 Å². The Balaban J connectivity index is 1.66. The molecule has 1 amide bonds. The standard InChI is InChI=1S/C23H19Br2FN2O4/c1-30-20-8-7-15(11-21(20)31-2)23(29)28-27-12-14-9-17(24)22(18(25)10-14)32-13-16-5-3-4-6-19(16)26/h3-12H,13H2,1-2H3,(H,28,29)/b27-12+. The van der Waals surface area contributed by atoms with Gasteiger partial charge in [-0.15, -0.1) is 0 Å². The van der Waals surface area contributed by atoms with Crippen molar-refractivity contribution in [2.75, 3.05) is 14.2 Å². The Morgan fingerprint density at radius 3 is 2.38 bits per heavy atom. The van der Waals surface area contributed by atoms with Gasteiger partial charge in [0.1, 0.15) is 18.2 Å². The maximum absolute atomic E-state index is 13.8. The fourth-order valence-corrected chi connectivity index (χ4v) is 4.22. The Kier molecular flexibility index (Phi) is 8.24. The van der Waals surface area contributed by atoms with E-state index in [9.17, 15) is 9.18 Å². The molecule has 6 nitrogen and oxygen atoms in total. The maximum Gasteiger partial charge on any atom is 0.271 e. The van der Waals surface area contributed by atoms with Gasteiger partial charge in [-0.1, -0.05) is 18.2 Å². The van der Waals surface area contributed by atoms with Crippen LogP contribution < -0.4 is 19.6 Å². The van der Waals surface area contributed by atoms with Gasteiger partial charge in [0.25, 0.3) is 5.91 Å². The van der Waals surface area contributed by atoms with Crippen molar-refractivity contribution in [2.24, 2.45) is 5.10 Å². The van der Waals surface area contributed by atoms with Gasteiger partial charge in [0, 0.05) is 11.1 Å². The molecule has 0 fully saturated rings. The van der Waals surface area contributed by atoms with E-state index < -0.39 is 5.91 Å². The summed E-state index contributed by atoms with van der Waals surface area (Å²) in [4.78, 5) is 12.3. The number of nitrogens with zero attached hydrogens (tertiary/aromatic N) is 1. The van der Waals surface area contributed by atoms with E-state index in [1.807, 2.05) is 0 Å². The van der Waals surface area contributed by atoms with E-state index in [2.05, 4.69) is 42.4 Å². The number of ether oxygens (including phenoxy) is 3. The van der Waals surface area contributed by atoms with Gasteiger partial charge in [-0.05, 0) is 73.8 Å². The van der Waals surface area contributed by atoms with Crippen LogP contribution >= 0.6 is 31.9 Å². The Labute approximate surface area is 201 Å². The third kappa shape index (κ3) is 5.86. The predicted octanol–water partition coefficient (Wildman–Crippen LogP) is 5.71. The molecule has 9 heteroatoms. The van der Waals surface area contributed by atoms with Gasteiger partial charge >= 0.3 is 0 Å². The molecule has 0 aliphatic heterocycles. The van der Waals surface area contributed by atoms with Crippen molar-refractivity contribution in [3.63, 3.8) is 0 Å². The number of benzene rings is 3. The molecule has 0 unspecified atom stereocenters. The molecule has 0 atom stereocenters. The van der Waals surface area contributed by atoms with Gasteiger partial charge in [-0.3, -0.25) is 4.79 Å². The molecule has 0 saturated heterocycles. The topological polar surface area (TPSA) is 69.2 Å². The van der Waals surface area contributed by atoms with E-state index in [0.717, 1.165) is 0 Å². The van der Waals surface area contributed by atoms with Crippen molar-refractivity contribution in [3.8, 4) is 17.2 Å². The highest BCUT2D eigenvalue weighted by molar-refractivity contribution is 9.11. The molecule has 3 aromatic carbocycles. The fraction of sp³-hybridized carbons (Fsp3) is 0.130. The van der Waals surface area contributed by atoms with Crippen LogP contribution in [0.3, 0.4) is 0 Å². The lowest BCUT2D eigenvalue weighted by Crippen LogP contribution is -2.17. The van der Waals surface area contributed by atoms with Crippen LogP contribution in [-0.2, 0) is 6.61 Å². The molecule has 0 spiro atoms. The van der Waals surface area contributed by atoms with Gasteiger partial charge in [-0.25, -0.2) is 9.82 Å². The molecule has 0 aliphatic rings. The monoisotopic (exact) mass is 564 g/mol. The molecule has 0 radical (unpaired) electrons. The molecule has 0 aliphatic carbocycles. The number of hydrogen-bond donors (Lipinski definition) is 1.